The average molecular weight is 367 g/mol. The molecule has 2 atom stereocenters. The molecule has 148 valence electrons. The lowest BCUT2D eigenvalue weighted by molar-refractivity contribution is -0.127. The average Bonchev–Trinajstić information content (AvgIpc) is 2.57. The number of aliphatic imine (C=N–C) groups is 1. The summed E-state index contributed by atoms with van der Waals surface area (Å²) >= 11 is 0. The molecule has 0 aromatic rings. The number of fused-ring (bicyclic) bond motifs is 2. The number of nitrogens with zero attached hydrogens (tertiary/aromatic N) is 4. The normalized spacial score (nSPS) is 26.2. The summed E-state index contributed by atoms with van der Waals surface area (Å²) in [4.78, 5) is 33.7. The van der Waals surface area contributed by atoms with Gasteiger partial charge in [-0.2, -0.15) is 0 Å². The molecule has 26 heavy (non-hydrogen) atoms. The Balaban J connectivity index is 1.99. The Kier molecular flexibility index (Phi) is 7.25. The fourth-order valence-electron chi connectivity index (χ4n) is 3.69. The van der Waals surface area contributed by atoms with E-state index in [0.29, 0.717) is 24.1 Å². The lowest BCUT2D eigenvalue weighted by Gasteiger charge is -2.47. The van der Waals surface area contributed by atoms with Gasteiger partial charge in [0.15, 0.2) is 5.96 Å². The molecule has 2 saturated heterocycles. The first-order valence-corrected chi connectivity index (χ1v) is 9.45. The van der Waals surface area contributed by atoms with Gasteiger partial charge in [0.25, 0.3) is 0 Å². The fourth-order valence-corrected chi connectivity index (χ4v) is 3.69. The summed E-state index contributed by atoms with van der Waals surface area (Å²) < 4.78 is 0. The van der Waals surface area contributed by atoms with Crippen molar-refractivity contribution in [2.75, 3.05) is 48.3 Å². The molecule has 2 amide bonds. The van der Waals surface area contributed by atoms with Crippen molar-refractivity contribution in [2.24, 2.45) is 4.99 Å². The Labute approximate surface area is 157 Å². The first-order valence-electron chi connectivity index (χ1n) is 9.45. The highest BCUT2D eigenvalue weighted by Crippen LogP contribution is 2.32. The van der Waals surface area contributed by atoms with Crippen molar-refractivity contribution in [2.45, 2.75) is 50.2 Å². The second-order valence-corrected chi connectivity index (χ2v) is 7.81. The van der Waals surface area contributed by atoms with Crippen LogP contribution in [0.1, 0.15) is 32.1 Å². The van der Waals surface area contributed by atoms with Crippen LogP contribution in [0.5, 0.6) is 0 Å². The van der Waals surface area contributed by atoms with Gasteiger partial charge in [0, 0.05) is 46.3 Å². The number of rotatable bonds is 5. The van der Waals surface area contributed by atoms with Crippen LogP contribution < -0.4 is 10.6 Å². The van der Waals surface area contributed by atoms with Crippen LogP contribution in [-0.4, -0.2) is 98.9 Å². The summed E-state index contributed by atoms with van der Waals surface area (Å²) in [5.74, 6) is 0.451. The SMILES string of the molecule is CN(C)C(=O)CN=C(NCC(=O)N(C)C)NC1CC2CCCC(C1)N2C. The molecule has 2 aliphatic heterocycles. The maximum atomic E-state index is 11.9. The lowest BCUT2D eigenvalue weighted by atomic mass is 9.82. The van der Waals surface area contributed by atoms with Gasteiger partial charge in [-0.05, 0) is 32.7 Å². The Morgan fingerprint density at radius 2 is 1.62 bits per heavy atom. The van der Waals surface area contributed by atoms with Crippen molar-refractivity contribution >= 4 is 17.8 Å². The van der Waals surface area contributed by atoms with Crippen LogP contribution in [0.25, 0.3) is 0 Å². The smallest absolute Gasteiger partial charge is 0.243 e. The molecule has 0 radical (unpaired) electrons. The third-order valence-corrected chi connectivity index (χ3v) is 5.46. The summed E-state index contributed by atoms with van der Waals surface area (Å²) in [6, 6.07) is 1.53. The molecule has 8 nitrogen and oxygen atoms in total. The van der Waals surface area contributed by atoms with Gasteiger partial charge in [-0.1, -0.05) is 6.42 Å². The molecule has 2 heterocycles. The molecule has 2 bridgehead atoms. The summed E-state index contributed by atoms with van der Waals surface area (Å²) in [6.07, 6.45) is 5.92. The molecule has 8 heteroatoms. The molecule has 2 unspecified atom stereocenters. The van der Waals surface area contributed by atoms with Gasteiger partial charge < -0.3 is 25.3 Å². The number of nitrogens with one attached hydrogen (secondary N) is 2. The minimum Gasteiger partial charge on any atom is -0.354 e. The fraction of sp³-hybridized carbons (Fsp3) is 0.833. The standard InChI is InChI=1S/C18H34N6O2/c1-22(2)16(25)11-19-18(20-12-17(26)23(3)4)21-13-9-14-7-6-8-15(10-13)24(14)5/h13-15H,6-12H2,1-5H3,(H2,19,20,21). The summed E-state index contributed by atoms with van der Waals surface area (Å²) in [7, 11) is 9.10. The maximum absolute atomic E-state index is 11.9. The zero-order valence-corrected chi connectivity index (χ0v) is 16.8. The van der Waals surface area contributed by atoms with Gasteiger partial charge in [0.1, 0.15) is 6.54 Å². The van der Waals surface area contributed by atoms with Crippen LogP contribution in [0.4, 0.5) is 0 Å². The molecule has 0 aromatic heterocycles. The third-order valence-electron chi connectivity index (χ3n) is 5.46. The van der Waals surface area contributed by atoms with Gasteiger partial charge in [-0.25, -0.2) is 4.99 Å². The van der Waals surface area contributed by atoms with E-state index >= 15 is 0 Å². The zero-order valence-electron chi connectivity index (χ0n) is 16.8. The number of likely N-dealkylation sites (N-methyl/N-ethyl adjacent to an activating group) is 2. The molecule has 0 aliphatic carbocycles. The Morgan fingerprint density at radius 1 is 1.04 bits per heavy atom. The second kappa shape index (κ2) is 9.21. The van der Waals surface area contributed by atoms with E-state index in [9.17, 15) is 9.59 Å². The van der Waals surface area contributed by atoms with Gasteiger partial charge in [-0.3, -0.25) is 9.59 Å². The highest BCUT2D eigenvalue weighted by Gasteiger charge is 2.36. The topological polar surface area (TPSA) is 80.3 Å². The molecular formula is C18H34N6O2. The number of hydrogen-bond acceptors (Lipinski definition) is 4. The molecular weight excluding hydrogens is 332 g/mol. The van der Waals surface area contributed by atoms with Crippen molar-refractivity contribution in [3.8, 4) is 0 Å². The van der Waals surface area contributed by atoms with E-state index < -0.39 is 0 Å². The van der Waals surface area contributed by atoms with E-state index in [-0.39, 0.29) is 24.9 Å². The van der Waals surface area contributed by atoms with E-state index in [0.717, 1.165) is 12.8 Å². The maximum Gasteiger partial charge on any atom is 0.243 e. The lowest BCUT2D eigenvalue weighted by Crippen LogP contribution is -2.57. The van der Waals surface area contributed by atoms with Gasteiger partial charge in [-0.15, -0.1) is 0 Å². The van der Waals surface area contributed by atoms with Gasteiger partial charge in [0.2, 0.25) is 11.8 Å². The number of hydrogen-bond donors (Lipinski definition) is 2. The Bertz CT molecular complexity index is 520. The Morgan fingerprint density at radius 3 is 2.15 bits per heavy atom. The second-order valence-electron chi connectivity index (χ2n) is 7.81. The predicted octanol–water partition coefficient (Wildman–Crippen LogP) is -0.287. The third kappa shape index (κ3) is 5.59. The van der Waals surface area contributed by atoms with Crippen LogP contribution >= 0.6 is 0 Å². The number of amides is 2. The number of piperidine rings is 2. The van der Waals surface area contributed by atoms with Crippen LogP contribution in [0, 0.1) is 0 Å². The summed E-state index contributed by atoms with van der Waals surface area (Å²) in [5, 5.41) is 6.55. The van der Waals surface area contributed by atoms with Crippen molar-refractivity contribution in [1.82, 2.24) is 25.3 Å². The van der Waals surface area contributed by atoms with Crippen molar-refractivity contribution in [3.63, 3.8) is 0 Å². The number of carbonyl (C=O) groups is 2. The van der Waals surface area contributed by atoms with Crippen LogP contribution in [0.3, 0.4) is 0 Å². The molecule has 2 N–H and O–H groups in total. The predicted molar refractivity (Wildman–Crippen MR) is 103 cm³/mol. The monoisotopic (exact) mass is 366 g/mol. The van der Waals surface area contributed by atoms with Gasteiger partial charge in [0.05, 0.1) is 6.54 Å². The van der Waals surface area contributed by atoms with Crippen molar-refractivity contribution in [3.05, 3.63) is 0 Å². The quantitative estimate of drug-likeness (QED) is 0.516. The Hall–Kier alpha value is -1.83. The van der Waals surface area contributed by atoms with Crippen LogP contribution in [0.2, 0.25) is 0 Å². The largest absolute Gasteiger partial charge is 0.354 e. The molecule has 0 aromatic carbocycles. The first kappa shape index (κ1) is 20.5. The van der Waals surface area contributed by atoms with E-state index in [1.54, 1.807) is 28.2 Å². The molecule has 0 saturated carbocycles. The minimum absolute atomic E-state index is 0.0290. The first-order chi connectivity index (χ1) is 12.3. The highest BCUT2D eigenvalue weighted by atomic mass is 16.2. The van der Waals surface area contributed by atoms with Crippen LogP contribution in [-0.2, 0) is 9.59 Å². The molecule has 0 spiro atoms. The van der Waals surface area contributed by atoms with Crippen molar-refractivity contribution in [1.29, 1.82) is 0 Å². The number of carbonyl (C=O) groups excluding carboxylic acids is 2. The van der Waals surface area contributed by atoms with Crippen molar-refractivity contribution < 1.29 is 9.59 Å². The van der Waals surface area contributed by atoms with E-state index in [1.165, 1.54) is 29.1 Å². The van der Waals surface area contributed by atoms with E-state index in [1.807, 2.05) is 0 Å². The highest BCUT2D eigenvalue weighted by molar-refractivity contribution is 5.88. The molecule has 2 aliphatic rings. The molecule has 2 rings (SSSR count). The summed E-state index contributed by atoms with van der Waals surface area (Å²) in [6.45, 7) is 0.229. The zero-order chi connectivity index (χ0) is 19.3. The van der Waals surface area contributed by atoms with E-state index in [4.69, 9.17) is 0 Å². The number of guanidine groups is 1. The summed E-state index contributed by atoms with van der Waals surface area (Å²) in [5.41, 5.74) is 0. The minimum atomic E-state index is -0.0646. The molecule has 2 fully saturated rings. The van der Waals surface area contributed by atoms with Crippen LogP contribution in [0.15, 0.2) is 4.99 Å². The van der Waals surface area contributed by atoms with Gasteiger partial charge >= 0.3 is 0 Å². The van der Waals surface area contributed by atoms with E-state index in [2.05, 4.69) is 27.6 Å².